The van der Waals surface area contributed by atoms with E-state index in [1.54, 1.807) is 55.5 Å². The van der Waals surface area contributed by atoms with Gasteiger partial charge in [0.25, 0.3) is 5.56 Å². The Morgan fingerprint density at radius 3 is 2.12 bits per heavy atom. The van der Waals surface area contributed by atoms with Crippen LogP contribution in [-0.2, 0) is 30.2 Å². The first-order valence-corrected chi connectivity index (χ1v) is 12.9. The summed E-state index contributed by atoms with van der Waals surface area (Å²) in [6.07, 6.45) is -1.93. The predicted octanol–water partition coefficient (Wildman–Crippen LogP) is 4.08. The minimum atomic E-state index is -1.11. The van der Waals surface area contributed by atoms with Crippen LogP contribution in [0.5, 0.6) is 0 Å². The lowest BCUT2D eigenvalue weighted by molar-refractivity contribution is -0.142. The second kappa shape index (κ2) is 12.7. The number of halogens is 1. The highest BCUT2D eigenvalue weighted by molar-refractivity contribution is 5.90. The number of pyridine rings is 1. The molecule has 0 bridgehead atoms. The number of hydrogen-bond acceptors (Lipinski definition) is 8. The summed E-state index contributed by atoms with van der Waals surface area (Å²) in [6, 6.07) is 14.9. The first kappa shape index (κ1) is 28.7. The lowest BCUT2D eigenvalue weighted by atomic mass is 10.1. The first-order chi connectivity index (χ1) is 19.2. The van der Waals surface area contributed by atoms with E-state index in [0.717, 1.165) is 15.7 Å². The van der Waals surface area contributed by atoms with Crippen LogP contribution < -0.4 is 5.56 Å². The van der Waals surface area contributed by atoms with E-state index in [1.165, 1.54) is 12.3 Å². The van der Waals surface area contributed by atoms with Gasteiger partial charge in [0.15, 0.2) is 5.82 Å². The zero-order valence-electron chi connectivity index (χ0n) is 22.4. The molecule has 10 heteroatoms. The fourth-order valence-electron chi connectivity index (χ4n) is 4.26. The quantitative estimate of drug-likeness (QED) is 0.289. The second-order valence-corrected chi connectivity index (χ2v) is 9.49. The van der Waals surface area contributed by atoms with Gasteiger partial charge < -0.3 is 18.9 Å². The maximum Gasteiger partial charge on any atom is 0.338 e. The van der Waals surface area contributed by atoms with Crippen LogP contribution in [0.4, 0.5) is 4.39 Å². The van der Waals surface area contributed by atoms with Crippen LogP contribution in [0.15, 0.2) is 65.6 Å². The maximum absolute atomic E-state index is 14.9. The normalized spacial score (nSPS) is 18.2. The molecule has 2 aromatic carbocycles. The fraction of sp³-hybridized carbons (Fsp3) is 0.333. The summed E-state index contributed by atoms with van der Waals surface area (Å²) in [5.74, 6) is -2.98. The minimum Gasteiger partial charge on any atom is -0.466 e. The largest absolute Gasteiger partial charge is 0.466 e. The van der Waals surface area contributed by atoms with Gasteiger partial charge in [-0.25, -0.2) is 14.0 Å². The van der Waals surface area contributed by atoms with Crippen LogP contribution in [0.3, 0.4) is 0 Å². The molecular weight excluding hydrogens is 521 g/mol. The van der Waals surface area contributed by atoms with Gasteiger partial charge in [0, 0.05) is 18.2 Å². The average Bonchev–Trinajstić information content (AvgIpc) is 3.32. The van der Waals surface area contributed by atoms with Crippen LogP contribution >= 0.6 is 0 Å². The van der Waals surface area contributed by atoms with E-state index in [0.29, 0.717) is 11.1 Å². The molecule has 40 heavy (non-hydrogen) atoms. The molecule has 1 aliphatic rings. The van der Waals surface area contributed by atoms with Gasteiger partial charge in [0.05, 0.1) is 24.2 Å². The molecule has 3 aromatic rings. The number of ether oxygens (including phenoxy) is 4. The molecule has 4 rings (SSSR count). The van der Waals surface area contributed by atoms with Crippen LogP contribution in [0.1, 0.15) is 57.0 Å². The van der Waals surface area contributed by atoms with Crippen molar-refractivity contribution in [3.63, 3.8) is 0 Å². The monoisotopic (exact) mass is 551 g/mol. The maximum atomic E-state index is 14.9. The van der Waals surface area contributed by atoms with E-state index in [1.807, 2.05) is 13.8 Å². The van der Waals surface area contributed by atoms with Gasteiger partial charge in [-0.1, -0.05) is 35.4 Å². The first-order valence-electron chi connectivity index (χ1n) is 12.9. The van der Waals surface area contributed by atoms with Gasteiger partial charge in [-0.3, -0.25) is 14.2 Å². The van der Waals surface area contributed by atoms with Gasteiger partial charge in [0.2, 0.25) is 0 Å². The van der Waals surface area contributed by atoms with E-state index < -0.39 is 54.1 Å². The smallest absolute Gasteiger partial charge is 0.338 e. The van der Waals surface area contributed by atoms with E-state index in [2.05, 4.69) is 0 Å². The van der Waals surface area contributed by atoms with Crippen molar-refractivity contribution >= 4 is 17.9 Å². The number of aromatic nitrogens is 1. The van der Waals surface area contributed by atoms with Crippen LogP contribution in [-0.4, -0.2) is 47.9 Å². The Hall–Kier alpha value is -4.31. The van der Waals surface area contributed by atoms with E-state index >= 15 is 0 Å². The topological polar surface area (TPSA) is 110 Å². The number of esters is 3. The van der Waals surface area contributed by atoms with E-state index in [4.69, 9.17) is 18.9 Å². The van der Waals surface area contributed by atoms with Crippen LogP contribution in [0.25, 0.3) is 0 Å². The Bertz CT molecular complexity index is 1430. The number of hydrogen-bond donors (Lipinski definition) is 0. The van der Waals surface area contributed by atoms with Crippen LogP contribution in [0, 0.1) is 19.7 Å². The molecule has 9 nitrogen and oxygen atoms in total. The lowest BCUT2D eigenvalue weighted by Crippen LogP contribution is -2.32. The number of aryl methyl sites for hydroxylation is 2. The fourth-order valence-corrected chi connectivity index (χ4v) is 4.26. The minimum absolute atomic E-state index is 0.000913. The summed E-state index contributed by atoms with van der Waals surface area (Å²) in [5.41, 5.74) is 1.48. The van der Waals surface area contributed by atoms with Crippen molar-refractivity contribution in [2.45, 2.75) is 52.0 Å². The molecule has 210 valence electrons. The molecule has 0 aliphatic carbocycles. The zero-order valence-corrected chi connectivity index (χ0v) is 22.4. The molecule has 0 saturated carbocycles. The Morgan fingerprint density at radius 2 is 1.52 bits per heavy atom. The number of rotatable bonds is 9. The summed E-state index contributed by atoms with van der Waals surface area (Å²) in [6.45, 7) is 5.26. The molecule has 1 fully saturated rings. The number of carbonyl (C=O) groups is 3. The van der Waals surface area contributed by atoms with Crippen molar-refractivity contribution in [1.29, 1.82) is 0 Å². The van der Waals surface area contributed by atoms with Gasteiger partial charge in [-0.05, 0) is 51.1 Å². The third-order valence-corrected chi connectivity index (χ3v) is 6.48. The number of carbonyl (C=O) groups excluding carboxylic acids is 3. The molecule has 0 amide bonds. The van der Waals surface area contributed by atoms with Gasteiger partial charge in [-0.15, -0.1) is 0 Å². The van der Waals surface area contributed by atoms with Gasteiger partial charge in [-0.2, -0.15) is 0 Å². The molecule has 1 aliphatic heterocycles. The van der Waals surface area contributed by atoms with Crippen molar-refractivity contribution in [3.05, 3.63) is 105 Å². The molecule has 1 saturated heterocycles. The number of benzene rings is 2. The highest BCUT2D eigenvalue weighted by Crippen LogP contribution is 2.31. The summed E-state index contributed by atoms with van der Waals surface area (Å²) < 4.78 is 37.9. The van der Waals surface area contributed by atoms with Crippen molar-refractivity contribution in [2.75, 3.05) is 13.2 Å². The van der Waals surface area contributed by atoms with Crippen molar-refractivity contribution in [3.8, 4) is 0 Å². The van der Waals surface area contributed by atoms with Crippen molar-refractivity contribution in [1.82, 2.24) is 4.57 Å². The Labute approximate surface area is 230 Å². The standard InChI is InChI=1S/C30H30FNO8/c1-4-37-26(33)15-22-13-14-32(28(34)27(22)31)25-16-23(40-30(36)21-11-7-19(3)8-12-21)24(39-25)17-38-29(35)20-9-5-18(2)6-10-20/h5-14,23-25H,4,15-17H2,1-3H3/t23-,24+,25+/m0/s1. The molecule has 1 aromatic heterocycles. The highest BCUT2D eigenvalue weighted by Gasteiger charge is 2.40. The summed E-state index contributed by atoms with van der Waals surface area (Å²) in [7, 11) is 0. The second-order valence-electron chi connectivity index (χ2n) is 9.49. The molecule has 0 spiro atoms. The molecule has 0 unspecified atom stereocenters. The van der Waals surface area contributed by atoms with Crippen LogP contribution in [0.2, 0.25) is 0 Å². The third-order valence-electron chi connectivity index (χ3n) is 6.48. The van der Waals surface area contributed by atoms with Crippen molar-refractivity contribution in [2.24, 2.45) is 0 Å². The van der Waals surface area contributed by atoms with Gasteiger partial charge in [0.1, 0.15) is 25.0 Å². The summed E-state index contributed by atoms with van der Waals surface area (Å²) >= 11 is 0. The van der Waals surface area contributed by atoms with Gasteiger partial charge >= 0.3 is 17.9 Å². The lowest BCUT2D eigenvalue weighted by Gasteiger charge is -2.19. The molecular formula is C30H30FNO8. The summed E-state index contributed by atoms with van der Waals surface area (Å²) in [4.78, 5) is 50.1. The Balaban J connectivity index is 1.53. The summed E-state index contributed by atoms with van der Waals surface area (Å²) in [5, 5.41) is 0. The van der Waals surface area contributed by atoms with E-state index in [9.17, 15) is 23.6 Å². The van der Waals surface area contributed by atoms with Crippen molar-refractivity contribution < 1.29 is 37.7 Å². The Morgan fingerprint density at radius 1 is 0.925 bits per heavy atom. The Kier molecular flexibility index (Phi) is 9.11. The SMILES string of the molecule is CCOC(=O)Cc1ccn([C@H]2C[C@H](OC(=O)c3ccc(C)cc3)[C@@H](COC(=O)c3ccc(C)cc3)O2)c(=O)c1F. The molecule has 3 atom stereocenters. The van der Waals surface area contributed by atoms with E-state index in [-0.39, 0.29) is 25.2 Å². The third kappa shape index (κ3) is 6.81. The number of nitrogens with zero attached hydrogens (tertiary/aromatic N) is 1. The molecule has 0 N–H and O–H groups in total. The average molecular weight is 552 g/mol. The highest BCUT2D eigenvalue weighted by atomic mass is 19.1. The predicted molar refractivity (Wildman–Crippen MR) is 141 cm³/mol. The zero-order chi connectivity index (χ0) is 28.8. The molecule has 0 radical (unpaired) electrons. The molecule has 2 heterocycles.